The minimum absolute atomic E-state index is 0.0564. The molecule has 1 N–H and O–H groups in total. The molecule has 0 spiro atoms. The van der Waals surface area contributed by atoms with Crippen LogP contribution in [0.15, 0.2) is 23.3 Å². The Morgan fingerprint density at radius 1 is 1.60 bits per heavy atom. The van der Waals surface area contributed by atoms with Crippen LogP contribution >= 0.6 is 11.6 Å². The summed E-state index contributed by atoms with van der Waals surface area (Å²) in [6, 6.07) is 3.92. The molecule has 106 valence electrons. The van der Waals surface area contributed by atoms with E-state index >= 15 is 0 Å². The Labute approximate surface area is 120 Å². The van der Waals surface area contributed by atoms with Crippen LogP contribution in [0, 0.1) is 5.82 Å². The van der Waals surface area contributed by atoms with Crippen molar-refractivity contribution < 1.29 is 9.18 Å². The highest BCUT2D eigenvalue weighted by Gasteiger charge is 2.31. The zero-order valence-corrected chi connectivity index (χ0v) is 11.5. The minimum atomic E-state index is -0.479. The van der Waals surface area contributed by atoms with Crippen LogP contribution in [0.5, 0.6) is 0 Å². The lowest BCUT2D eigenvalue weighted by atomic mass is 9.99. The Kier molecular flexibility index (Phi) is 4.95. The summed E-state index contributed by atoms with van der Waals surface area (Å²) in [6.07, 6.45) is 1.12. The van der Waals surface area contributed by atoms with Gasteiger partial charge in [-0.15, -0.1) is 0 Å². The average molecular weight is 297 g/mol. The van der Waals surface area contributed by atoms with Crippen molar-refractivity contribution in [3.8, 4) is 0 Å². The lowest BCUT2D eigenvalue weighted by Crippen LogP contribution is -2.37. The van der Waals surface area contributed by atoms with Crippen LogP contribution in [0.1, 0.15) is 18.4 Å². The molecule has 0 aromatic heterocycles. The standard InChI is InChI=1S/C13H14ClFN4O/c14-9-3-1-2-8(12(9)15)4-5-11(20)13-10(18-19-16)6-7-17-13/h1-3,10,13,17H,4-7H2/t10?,13-/m0/s1. The molecule has 1 aliphatic heterocycles. The quantitative estimate of drug-likeness (QED) is 0.515. The molecule has 1 aromatic rings. The van der Waals surface area contributed by atoms with Gasteiger partial charge in [0, 0.05) is 11.3 Å². The molecule has 0 radical (unpaired) electrons. The van der Waals surface area contributed by atoms with Crippen molar-refractivity contribution in [1.82, 2.24) is 5.32 Å². The van der Waals surface area contributed by atoms with Crippen LogP contribution in [-0.2, 0) is 11.2 Å². The molecule has 2 rings (SSSR count). The number of hydrogen-bond donors (Lipinski definition) is 1. The first kappa shape index (κ1) is 14.8. The van der Waals surface area contributed by atoms with Gasteiger partial charge in [-0.1, -0.05) is 28.8 Å². The highest BCUT2D eigenvalue weighted by molar-refractivity contribution is 6.30. The van der Waals surface area contributed by atoms with Gasteiger partial charge in [0.1, 0.15) is 11.6 Å². The summed E-state index contributed by atoms with van der Waals surface area (Å²) in [4.78, 5) is 14.8. The van der Waals surface area contributed by atoms with E-state index < -0.39 is 11.9 Å². The van der Waals surface area contributed by atoms with E-state index in [0.717, 1.165) is 0 Å². The molecular weight excluding hydrogens is 283 g/mol. The number of ketones is 1. The molecule has 2 atom stereocenters. The van der Waals surface area contributed by atoms with Gasteiger partial charge in [0.25, 0.3) is 0 Å². The summed E-state index contributed by atoms with van der Waals surface area (Å²) in [7, 11) is 0. The summed E-state index contributed by atoms with van der Waals surface area (Å²) < 4.78 is 13.7. The molecule has 20 heavy (non-hydrogen) atoms. The normalized spacial score (nSPS) is 21.5. The molecule has 0 aliphatic carbocycles. The van der Waals surface area contributed by atoms with Gasteiger partial charge in [-0.3, -0.25) is 4.79 Å². The Morgan fingerprint density at radius 3 is 3.15 bits per heavy atom. The summed E-state index contributed by atoms with van der Waals surface area (Å²) >= 11 is 5.69. The van der Waals surface area contributed by atoms with Gasteiger partial charge in [0.15, 0.2) is 0 Å². The van der Waals surface area contributed by atoms with Crippen molar-refractivity contribution in [2.24, 2.45) is 5.11 Å². The third-order valence-corrected chi connectivity index (χ3v) is 3.70. The third-order valence-electron chi connectivity index (χ3n) is 3.41. The number of nitrogens with one attached hydrogen (secondary N) is 1. The maximum Gasteiger partial charge on any atom is 0.150 e. The van der Waals surface area contributed by atoms with E-state index in [-0.39, 0.29) is 29.7 Å². The van der Waals surface area contributed by atoms with E-state index in [1.807, 2.05) is 0 Å². The molecule has 5 nitrogen and oxygen atoms in total. The van der Waals surface area contributed by atoms with Gasteiger partial charge in [-0.2, -0.15) is 0 Å². The number of aryl methyl sites for hydroxylation is 1. The van der Waals surface area contributed by atoms with E-state index in [9.17, 15) is 9.18 Å². The molecule has 0 saturated carbocycles. The molecule has 1 heterocycles. The van der Waals surface area contributed by atoms with E-state index in [1.165, 1.54) is 6.07 Å². The largest absolute Gasteiger partial charge is 0.307 e. The Hall–Kier alpha value is -1.62. The van der Waals surface area contributed by atoms with E-state index in [4.69, 9.17) is 17.1 Å². The summed E-state index contributed by atoms with van der Waals surface area (Å²) in [6.45, 7) is 0.644. The number of azide groups is 1. The number of carbonyl (C=O) groups excluding carboxylic acids is 1. The number of halogens is 2. The molecule has 7 heteroatoms. The van der Waals surface area contributed by atoms with Crippen molar-refractivity contribution in [2.75, 3.05) is 6.54 Å². The smallest absolute Gasteiger partial charge is 0.150 e. The third kappa shape index (κ3) is 3.28. The van der Waals surface area contributed by atoms with Crippen LogP contribution in [0.2, 0.25) is 5.02 Å². The number of hydrogen-bond acceptors (Lipinski definition) is 3. The fourth-order valence-corrected chi connectivity index (χ4v) is 2.56. The molecule has 0 amide bonds. The van der Waals surface area contributed by atoms with Crippen LogP contribution in [0.4, 0.5) is 4.39 Å². The topological polar surface area (TPSA) is 77.9 Å². The molecule has 1 unspecified atom stereocenters. The molecular formula is C13H14ClFN4O. The van der Waals surface area contributed by atoms with Crippen molar-refractivity contribution in [3.63, 3.8) is 0 Å². The maximum atomic E-state index is 13.7. The zero-order valence-electron chi connectivity index (χ0n) is 10.7. The maximum absolute atomic E-state index is 13.7. The van der Waals surface area contributed by atoms with Crippen molar-refractivity contribution in [2.45, 2.75) is 31.3 Å². The number of rotatable bonds is 5. The lowest BCUT2D eigenvalue weighted by molar-refractivity contribution is -0.120. The van der Waals surface area contributed by atoms with Crippen molar-refractivity contribution in [3.05, 3.63) is 45.0 Å². The second kappa shape index (κ2) is 6.70. The predicted octanol–water partition coefficient (Wildman–Crippen LogP) is 3.02. The summed E-state index contributed by atoms with van der Waals surface area (Å²) in [5, 5.41) is 6.69. The number of carbonyl (C=O) groups is 1. The first-order valence-electron chi connectivity index (χ1n) is 6.36. The van der Waals surface area contributed by atoms with Gasteiger partial charge < -0.3 is 5.32 Å². The van der Waals surface area contributed by atoms with Gasteiger partial charge in [-0.25, -0.2) is 4.39 Å². The number of Topliss-reactive ketones (excluding diaryl/α,β-unsaturated/α-hetero) is 1. The fraction of sp³-hybridized carbons (Fsp3) is 0.462. The number of benzene rings is 1. The van der Waals surface area contributed by atoms with Crippen LogP contribution in [0.25, 0.3) is 10.4 Å². The predicted molar refractivity (Wildman–Crippen MR) is 74.1 cm³/mol. The van der Waals surface area contributed by atoms with Gasteiger partial charge in [0.05, 0.1) is 17.1 Å². The van der Waals surface area contributed by atoms with Crippen LogP contribution in [0.3, 0.4) is 0 Å². The monoisotopic (exact) mass is 296 g/mol. The summed E-state index contributed by atoms with van der Waals surface area (Å²) in [5.41, 5.74) is 8.88. The Bertz CT molecular complexity index is 559. The Morgan fingerprint density at radius 2 is 2.40 bits per heavy atom. The van der Waals surface area contributed by atoms with Gasteiger partial charge >= 0.3 is 0 Å². The second-order valence-electron chi connectivity index (χ2n) is 4.67. The highest BCUT2D eigenvalue weighted by atomic mass is 35.5. The molecule has 1 aromatic carbocycles. The van der Waals surface area contributed by atoms with E-state index in [0.29, 0.717) is 18.5 Å². The minimum Gasteiger partial charge on any atom is -0.307 e. The second-order valence-corrected chi connectivity index (χ2v) is 5.08. The average Bonchev–Trinajstić information content (AvgIpc) is 2.89. The molecule has 1 fully saturated rings. The van der Waals surface area contributed by atoms with E-state index in [1.54, 1.807) is 12.1 Å². The molecule has 0 bridgehead atoms. The molecule has 1 saturated heterocycles. The first-order chi connectivity index (χ1) is 9.63. The van der Waals surface area contributed by atoms with Crippen LogP contribution in [-0.4, -0.2) is 24.4 Å². The summed E-state index contributed by atoms with van der Waals surface area (Å²) in [5.74, 6) is -0.549. The fourth-order valence-electron chi connectivity index (χ4n) is 2.36. The lowest BCUT2D eigenvalue weighted by Gasteiger charge is -2.14. The van der Waals surface area contributed by atoms with Gasteiger partial charge in [-0.05, 0) is 36.5 Å². The zero-order chi connectivity index (χ0) is 14.5. The SMILES string of the molecule is [N-]=[N+]=NC1CCN[C@@H]1C(=O)CCc1cccc(Cl)c1F. The highest BCUT2D eigenvalue weighted by Crippen LogP contribution is 2.20. The molecule has 1 aliphatic rings. The van der Waals surface area contributed by atoms with Crippen LogP contribution < -0.4 is 5.32 Å². The Balaban J connectivity index is 1.98. The first-order valence-corrected chi connectivity index (χ1v) is 6.74. The van der Waals surface area contributed by atoms with Gasteiger partial charge in [0.2, 0.25) is 0 Å². The van der Waals surface area contributed by atoms with E-state index in [2.05, 4.69) is 15.3 Å². The van der Waals surface area contributed by atoms with Crippen molar-refractivity contribution >= 4 is 17.4 Å². The van der Waals surface area contributed by atoms with Crippen molar-refractivity contribution in [1.29, 1.82) is 0 Å². The number of nitrogens with zero attached hydrogens (tertiary/aromatic N) is 3.